The van der Waals surface area contributed by atoms with Crippen molar-refractivity contribution < 1.29 is 13.9 Å². The molecule has 0 amide bonds. The van der Waals surface area contributed by atoms with Crippen LogP contribution in [0.1, 0.15) is 24.4 Å². The molecule has 2 bridgehead atoms. The molecule has 1 aromatic rings. The van der Waals surface area contributed by atoms with Gasteiger partial charge in [-0.3, -0.25) is 4.90 Å². The number of benzene rings is 1. The van der Waals surface area contributed by atoms with E-state index in [-0.39, 0.29) is 11.9 Å². The van der Waals surface area contributed by atoms with Crippen molar-refractivity contribution in [2.45, 2.75) is 25.0 Å². The quantitative estimate of drug-likeness (QED) is 0.851. The van der Waals surface area contributed by atoms with Crippen LogP contribution in [0.3, 0.4) is 0 Å². The second-order valence-corrected chi connectivity index (χ2v) is 5.64. The van der Waals surface area contributed by atoms with Gasteiger partial charge < -0.3 is 10.5 Å². The molecule has 3 saturated heterocycles. The standard InChI is InChI=1S/C15H19FN2O2/c16-12-3-1-11(2-4-12)14(17)15(19)20-13-9-18-7-5-10(13)6-8-18/h1-4,10,13-14H,5-9,17H2. The van der Waals surface area contributed by atoms with Gasteiger partial charge in [0, 0.05) is 6.54 Å². The summed E-state index contributed by atoms with van der Waals surface area (Å²) < 4.78 is 18.4. The highest BCUT2D eigenvalue weighted by atomic mass is 19.1. The fourth-order valence-corrected chi connectivity index (χ4v) is 3.07. The molecule has 3 aliphatic heterocycles. The summed E-state index contributed by atoms with van der Waals surface area (Å²) >= 11 is 0. The van der Waals surface area contributed by atoms with Gasteiger partial charge in [0.05, 0.1) is 0 Å². The minimum Gasteiger partial charge on any atom is -0.459 e. The number of esters is 1. The second kappa shape index (κ2) is 5.50. The lowest BCUT2D eigenvalue weighted by atomic mass is 9.86. The van der Waals surface area contributed by atoms with Crippen molar-refractivity contribution in [1.82, 2.24) is 4.90 Å². The Morgan fingerprint density at radius 3 is 2.50 bits per heavy atom. The van der Waals surface area contributed by atoms with Gasteiger partial charge in [-0.1, -0.05) is 12.1 Å². The van der Waals surface area contributed by atoms with Crippen LogP contribution in [0, 0.1) is 11.7 Å². The largest absolute Gasteiger partial charge is 0.459 e. The normalized spacial score (nSPS) is 30.0. The topological polar surface area (TPSA) is 55.6 Å². The minimum absolute atomic E-state index is 0.0449. The van der Waals surface area contributed by atoms with Gasteiger partial charge in [-0.15, -0.1) is 0 Å². The number of hydrogen-bond acceptors (Lipinski definition) is 4. The van der Waals surface area contributed by atoms with E-state index in [4.69, 9.17) is 10.5 Å². The average molecular weight is 278 g/mol. The van der Waals surface area contributed by atoms with E-state index < -0.39 is 12.0 Å². The van der Waals surface area contributed by atoms with Crippen LogP contribution < -0.4 is 5.73 Å². The van der Waals surface area contributed by atoms with Crippen LogP contribution in [0.2, 0.25) is 0 Å². The number of hydrogen-bond donors (Lipinski definition) is 1. The Morgan fingerprint density at radius 2 is 1.95 bits per heavy atom. The zero-order chi connectivity index (χ0) is 14.1. The van der Waals surface area contributed by atoms with E-state index in [1.807, 2.05) is 0 Å². The Kier molecular flexibility index (Phi) is 3.72. The molecular formula is C15H19FN2O2. The van der Waals surface area contributed by atoms with Crippen molar-refractivity contribution in [3.63, 3.8) is 0 Å². The lowest BCUT2D eigenvalue weighted by Gasteiger charge is -2.44. The molecular weight excluding hydrogens is 259 g/mol. The van der Waals surface area contributed by atoms with Gasteiger partial charge in [0.1, 0.15) is 18.0 Å². The molecule has 0 aliphatic carbocycles. The number of nitrogens with two attached hydrogens (primary N) is 1. The summed E-state index contributed by atoms with van der Waals surface area (Å²) in [6.45, 7) is 3.01. The molecule has 1 aromatic carbocycles. The molecule has 3 aliphatic rings. The molecule has 5 heteroatoms. The van der Waals surface area contributed by atoms with Crippen LogP contribution in [0.15, 0.2) is 24.3 Å². The molecule has 0 saturated carbocycles. The van der Waals surface area contributed by atoms with Crippen LogP contribution >= 0.6 is 0 Å². The van der Waals surface area contributed by atoms with E-state index >= 15 is 0 Å². The smallest absolute Gasteiger partial charge is 0.327 e. The highest BCUT2D eigenvalue weighted by molar-refractivity contribution is 5.77. The summed E-state index contributed by atoms with van der Waals surface area (Å²) in [4.78, 5) is 14.4. The van der Waals surface area contributed by atoms with Gasteiger partial charge in [0.15, 0.2) is 0 Å². The summed E-state index contributed by atoms with van der Waals surface area (Å²) in [6.07, 6.45) is 2.13. The minimum atomic E-state index is -0.842. The molecule has 4 rings (SSSR count). The first kappa shape index (κ1) is 13.5. The van der Waals surface area contributed by atoms with Crippen molar-refractivity contribution in [2.24, 2.45) is 11.7 Å². The van der Waals surface area contributed by atoms with E-state index in [0.717, 1.165) is 32.5 Å². The number of carbonyl (C=O) groups is 1. The number of rotatable bonds is 3. The number of carbonyl (C=O) groups excluding carboxylic acids is 1. The third-order valence-electron chi connectivity index (χ3n) is 4.35. The molecule has 2 unspecified atom stereocenters. The molecule has 3 fully saturated rings. The van der Waals surface area contributed by atoms with Crippen LogP contribution in [0.25, 0.3) is 0 Å². The summed E-state index contributed by atoms with van der Waals surface area (Å²) in [5.41, 5.74) is 6.47. The highest BCUT2D eigenvalue weighted by Gasteiger charge is 2.37. The van der Waals surface area contributed by atoms with E-state index in [1.54, 1.807) is 0 Å². The number of piperidine rings is 3. The van der Waals surface area contributed by atoms with Crippen molar-refractivity contribution in [2.75, 3.05) is 19.6 Å². The predicted molar refractivity (Wildman–Crippen MR) is 72.4 cm³/mol. The van der Waals surface area contributed by atoms with Crippen LogP contribution in [-0.4, -0.2) is 36.6 Å². The Bertz CT molecular complexity index is 483. The molecule has 0 aromatic heterocycles. The number of halogens is 1. The summed E-state index contributed by atoms with van der Waals surface area (Å²) in [7, 11) is 0. The third-order valence-corrected chi connectivity index (χ3v) is 4.35. The first-order chi connectivity index (χ1) is 9.63. The zero-order valence-electron chi connectivity index (χ0n) is 11.3. The maximum Gasteiger partial charge on any atom is 0.327 e. The molecule has 0 radical (unpaired) electrons. The molecule has 3 heterocycles. The third kappa shape index (κ3) is 2.69. The predicted octanol–water partition coefficient (Wildman–Crippen LogP) is 1.46. The van der Waals surface area contributed by atoms with Crippen LogP contribution in [0.5, 0.6) is 0 Å². The molecule has 108 valence electrons. The molecule has 4 nitrogen and oxygen atoms in total. The van der Waals surface area contributed by atoms with E-state index in [9.17, 15) is 9.18 Å². The molecule has 2 atom stereocenters. The highest BCUT2D eigenvalue weighted by Crippen LogP contribution is 2.30. The molecule has 0 spiro atoms. The van der Waals surface area contributed by atoms with Gasteiger partial charge in [-0.2, -0.15) is 0 Å². The van der Waals surface area contributed by atoms with Crippen molar-refractivity contribution >= 4 is 5.97 Å². The first-order valence-corrected chi connectivity index (χ1v) is 7.07. The molecule has 20 heavy (non-hydrogen) atoms. The lowest BCUT2D eigenvalue weighted by molar-refractivity contribution is -0.160. The SMILES string of the molecule is NC(C(=O)OC1CN2CCC1CC2)c1ccc(F)cc1. The number of ether oxygens (including phenoxy) is 1. The Morgan fingerprint density at radius 1 is 1.30 bits per heavy atom. The lowest BCUT2D eigenvalue weighted by Crippen LogP contribution is -2.52. The summed E-state index contributed by atoms with van der Waals surface area (Å²) in [5.74, 6) is -0.300. The van der Waals surface area contributed by atoms with Gasteiger partial charge in [-0.25, -0.2) is 9.18 Å². The number of nitrogens with zero attached hydrogens (tertiary/aromatic N) is 1. The monoisotopic (exact) mass is 278 g/mol. The summed E-state index contributed by atoms with van der Waals surface area (Å²) in [6, 6.07) is 4.81. The number of fused-ring (bicyclic) bond motifs is 3. The van der Waals surface area contributed by atoms with E-state index in [0.29, 0.717) is 11.5 Å². The zero-order valence-corrected chi connectivity index (χ0v) is 11.3. The summed E-state index contributed by atoms with van der Waals surface area (Å²) in [5, 5.41) is 0. The van der Waals surface area contributed by atoms with Crippen molar-refractivity contribution in [3.05, 3.63) is 35.6 Å². The van der Waals surface area contributed by atoms with E-state index in [2.05, 4.69) is 4.90 Å². The Balaban J connectivity index is 1.62. The van der Waals surface area contributed by atoms with Gasteiger partial charge in [0.25, 0.3) is 0 Å². The average Bonchev–Trinajstić information content (AvgIpc) is 2.48. The fraction of sp³-hybridized carbons (Fsp3) is 0.533. The van der Waals surface area contributed by atoms with E-state index in [1.165, 1.54) is 24.3 Å². The maximum absolute atomic E-state index is 12.9. The van der Waals surface area contributed by atoms with Gasteiger partial charge >= 0.3 is 5.97 Å². The fourth-order valence-electron chi connectivity index (χ4n) is 3.07. The van der Waals surface area contributed by atoms with Crippen molar-refractivity contribution in [1.29, 1.82) is 0 Å². The van der Waals surface area contributed by atoms with Crippen molar-refractivity contribution in [3.8, 4) is 0 Å². The Hall–Kier alpha value is -1.46. The Labute approximate surface area is 117 Å². The second-order valence-electron chi connectivity index (χ2n) is 5.64. The van der Waals surface area contributed by atoms with Gasteiger partial charge in [0.2, 0.25) is 0 Å². The van der Waals surface area contributed by atoms with Gasteiger partial charge in [-0.05, 0) is 49.5 Å². The van der Waals surface area contributed by atoms with Crippen LogP contribution in [-0.2, 0) is 9.53 Å². The maximum atomic E-state index is 12.9. The first-order valence-electron chi connectivity index (χ1n) is 7.07. The molecule has 2 N–H and O–H groups in total. The van der Waals surface area contributed by atoms with Crippen LogP contribution in [0.4, 0.5) is 4.39 Å².